The molecule has 5 rings (SSSR count). The van der Waals surface area contributed by atoms with Gasteiger partial charge in [0, 0.05) is 46.3 Å². The van der Waals surface area contributed by atoms with Gasteiger partial charge >= 0.3 is 5.91 Å². The van der Waals surface area contributed by atoms with Crippen molar-refractivity contribution in [3.63, 3.8) is 0 Å². The third-order valence-electron chi connectivity index (χ3n) is 6.16. The molecule has 7 heteroatoms. The molecule has 2 aromatic carbocycles. The van der Waals surface area contributed by atoms with Crippen LogP contribution in [-0.4, -0.2) is 21.3 Å². The molecule has 0 aliphatic heterocycles. The minimum Gasteiger partial charge on any atom is -0.486 e. The average molecular weight is 481 g/mol. The lowest BCUT2D eigenvalue weighted by atomic mass is 10.2. The quantitative estimate of drug-likeness (QED) is 0.219. The SMILES string of the molecule is CCn1cc(/C=N/NC(=O)c2ccc(COc3ccc(-n4c(C)ccc4C)cc3)o2)c2ccccc21. The summed E-state index contributed by atoms with van der Waals surface area (Å²) >= 11 is 0. The first-order chi connectivity index (χ1) is 17.5. The van der Waals surface area contributed by atoms with Gasteiger partial charge in [-0.1, -0.05) is 18.2 Å². The maximum atomic E-state index is 12.5. The number of amides is 1. The number of hydrazone groups is 1. The van der Waals surface area contributed by atoms with E-state index in [4.69, 9.17) is 9.15 Å². The second-order valence-electron chi connectivity index (χ2n) is 8.59. The number of furan rings is 1. The van der Waals surface area contributed by atoms with Gasteiger partial charge in [-0.25, -0.2) is 5.43 Å². The van der Waals surface area contributed by atoms with E-state index in [0.29, 0.717) is 5.76 Å². The molecule has 182 valence electrons. The number of nitrogens with one attached hydrogen (secondary N) is 1. The second kappa shape index (κ2) is 10.00. The van der Waals surface area contributed by atoms with E-state index in [1.807, 2.05) is 48.7 Å². The fourth-order valence-corrected chi connectivity index (χ4v) is 4.35. The summed E-state index contributed by atoms with van der Waals surface area (Å²) in [6.07, 6.45) is 3.68. The van der Waals surface area contributed by atoms with Crippen molar-refractivity contribution in [2.24, 2.45) is 5.10 Å². The molecule has 0 unspecified atom stereocenters. The summed E-state index contributed by atoms with van der Waals surface area (Å²) in [4.78, 5) is 12.5. The van der Waals surface area contributed by atoms with E-state index in [9.17, 15) is 4.79 Å². The Morgan fingerprint density at radius 1 is 1.00 bits per heavy atom. The zero-order valence-electron chi connectivity index (χ0n) is 20.6. The first-order valence-electron chi connectivity index (χ1n) is 11.9. The van der Waals surface area contributed by atoms with E-state index in [2.05, 4.69) is 58.6 Å². The highest BCUT2D eigenvalue weighted by atomic mass is 16.5. The Hall–Kier alpha value is -4.52. The lowest BCUT2D eigenvalue weighted by molar-refractivity contribution is 0.0923. The van der Waals surface area contributed by atoms with Crippen molar-refractivity contribution in [2.45, 2.75) is 33.9 Å². The number of hydrogen-bond acceptors (Lipinski definition) is 4. The van der Waals surface area contributed by atoms with Gasteiger partial charge in [-0.05, 0) is 75.4 Å². The van der Waals surface area contributed by atoms with Crippen molar-refractivity contribution in [1.29, 1.82) is 0 Å². The van der Waals surface area contributed by atoms with Crippen molar-refractivity contribution >= 4 is 23.0 Å². The van der Waals surface area contributed by atoms with Gasteiger partial charge in [-0.3, -0.25) is 4.79 Å². The molecule has 0 radical (unpaired) electrons. The minimum atomic E-state index is -0.418. The van der Waals surface area contributed by atoms with Gasteiger partial charge in [0.15, 0.2) is 5.76 Å². The van der Waals surface area contributed by atoms with Crippen LogP contribution in [0.3, 0.4) is 0 Å². The number of aryl methyl sites for hydroxylation is 3. The molecule has 1 amide bonds. The fourth-order valence-electron chi connectivity index (χ4n) is 4.35. The number of nitrogens with zero attached hydrogens (tertiary/aromatic N) is 3. The first kappa shape index (κ1) is 23.2. The number of ether oxygens (including phenoxy) is 1. The largest absolute Gasteiger partial charge is 0.486 e. The van der Waals surface area contributed by atoms with E-state index >= 15 is 0 Å². The zero-order chi connectivity index (χ0) is 25.1. The Morgan fingerprint density at radius 3 is 2.50 bits per heavy atom. The maximum Gasteiger partial charge on any atom is 0.307 e. The summed E-state index contributed by atoms with van der Waals surface area (Å²) in [7, 11) is 0. The molecule has 0 bridgehead atoms. The Bertz CT molecular complexity index is 1520. The molecule has 0 saturated heterocycles. The third kappa shape index (κ3) is 4.68. The number of carbonyl (C=O) groups excluding carboxylic acids is 1. The van der Waals surface area contributed by atoms with Crippen molar-refractivity contribution < 1.29 is 13.9 Å². The lowest BCUT2D eigenvalue weighted by Gasteiger charge is -2.10. The van der Waals surface area contributed by atoms with Crippen molar-refractivity contribution in [1.82, 2.24) is 14.6 Å². The monoisotopic (exact) mass is 480 g/mol. The van der Waals surface area contributed by atoms with Gasteiger partial charge in [-0.15, -0.1) is 0 Å². The number of hydrogen-bond donors (Lipinski definition) is 1. The molecule has 36 heavy (non-hydrogen) atoms. The number of fused-ring (bicyclic) bond motifs is 1. The van der Waals surface area contributed by atoms with Gasteiger partial charge in [-0.2, -0.15) is 5.10 Å². The second-order valence-corrected chi connectivity index (χ2v) is 8.59. The number of rotatable bonds is 8. The number of para-hydroxylation sites is 1. The van der Waals surface area contributed by atoms with Crippen molar-refractivity contribution in [3.05, 3.63) is 107 Å². The van der Waals surface area contributed by atoms with Crippen molar-refractivity contribution in [3.8, 4) is 11.4 Å². The van der Waals surface area contributed by atoms with E-state index in [-0.39, 0.29) is 12.4 Å². The van der Waals surface area contributed by atoms with Gasteiger partial charge in [0.1, 0.15) is 18.1 Å². The summed E-state index contributed by atoms with van der Waals surface area (Å²) in [6, 6.07) is 23.5. The molecule has 0 aliphatic rings. The third-order valence-corrected chi connectivity index (χ3v) is 6.16. The first-order valence-corrected chi connectivity index (χ1v) is 11.9. The minimum absolute atomic E-state index is 0.177. The fraction of sp³-hybridized carbons (Fsp3) is 0.172. The summed E-state index contributed by atoms with van der Waals surface area (Å²) in [5, 5.41) is 5.21. The number of aromatic nitrogens is 2. The predicted molar refractivity (Wildman–Crippen MR) is 141 cm³/mol. The van der Waals surface area contributed by atoms with E-state index in [1.54, 1.807) is 18.3 Å². The summed E-state index contributed by atoms with van der Waals surface area (Å²) in [5.41, 5.74) is 8.05. The van der Waals surface area contributed by atoms with Gasteiger partial charge in [0.25, 0.3) is 0 Å². The Balaban J connectivity index is 1.18. The van der Waals surface area contributed by atoms with Crippen LogP contribution < -0.4 is 10.2 Å². The lowest BCUT2D eigenvalue weighted by Crippen LogP contribution is -2.16. The maximum absolute atomic E-state index is 12.5. The molecule has 3 heterocycles. The molecular formula is C29H28N4O3. The van der Waals surface area contributed by atoms with Crippen LogP contribution in [0.5, 0.6) is 5.75 Å². The van der Waals surface area contributed by atoms with Crippen LogP contribution in [0.15, 0.2) is 88.5 Å². The van der Waals surface area contributed by atoms with Crippen LogP contribution >= 0.6 is 0 Å². The highest BCUT2D eigenvalue weighted by Gasteiger charge is 2.12. The Kier molecular flexibility index (Phi) is 6.45. The molecule has 0 fully saturated rings. The standard InChI is InChI=1S/C29H28N4O3/c1-4-32-18-22(26-7-5-6-8-27(26)32)17-30-31-29(34)28-16-15-25(36-28)19-35-24-13-11-23(12-14-24)33-20(2)9-10-21(33)3/h5-18H,4,19H2,1-3H3,(H,31,34)/b30-17+. The highest BCUT2D eigenvalue weighted by Crippen LogP contribution is 2.21. The molecule has 0 aliphatic carbocycles. The normalized spacial score (nSPS) is 11.4. The summed E-state index contributed by atoms with van der Waals surface area (Å²) in [6.45, 7) is 7.33. The highest BCUT2D eigenvalue weighted by molar-refractivity contribution is 6.00. The van der Waals surface area contributed by atoms with Gasteiger partial charge < -0.3 is 18.3 Å². The van der Waals surface area contributed by atoms with E-state index in [0.717, 1.165) is 34.4 Å². The number of benzene rings is 2. The Morgan fingerprint density at radius 2 is 1.75 bits per heavy atom. The van der Waals surface area contributed by atoms with E-state index < -0.39 is 5.91 Å². The topological polar surface area (TPSA) is 73.7 Å². The van der Waals surface area contributed by atoms with Gasteiger partial charge in [0.2, 0.25) is 0 Å². The molecule has 7 nitrogen and oxygen atoms in total. The molecule has 0 spiro atoms. The molecule has 3 aromatic heterocycles. The Labute approximate surface area is 209 Å². The van der Waals surface area contributed by atoms with Crippen LogP contribution in [0.4, 0.5) is 0 Å². The average Bonchev–Trinajstić information content (AvgIpc) is 3.61. The molecular weight excluding hydrogens is 452 g/mol. The van der Waals surface area contributed by atoms with Crippen LogP contribution in [0.1, 0.15) is 40.2 Å². The van der Waals surface area contributed by atoms with Crippen LogP contribution in [0.2, 0.25) is 0 Å². The smallest absolute Gasteiger partial charge is 0.307 e. The van der Waals surface area contributed by atoms with Gasteiger partial charge in [0.05, 0.1) is 6.21 Å². The molecule has 5 aromatic rings. The van der Waals surface area contributed by atoms with Crippen LogP contribution in [0.25, 0.3) is 16.6 Å². The van der Waals surface area contributed by atoms with Crippen LogP contribution in [0, 0.1) is 13.8 Å². The number of carbonyl (C=O) groups is 1. The summed E-state index contributed by atoms with van der Waals surface area (Å²) < 4.78 is 15.8. The molecule has 0 atom stereocenters. The zero-order valence-corrected chi connectivity index (χ0v) is 20.6. The van der Waals surface area contributed by atoms with E-state index in [1.165, 1.54) is 11.4 Å². The summed E-state index contributed by atoms with van der Waals surface area (Å²) in [5.74, 6) is 1.03. The molecule has 0 saturated carbocycles. The molecule has 1 N–H and O–H groups in total. The van der Waals surface area contributed by atoms with Crippen LogP contribution in [-0.2, 0) is 13.2 Å². The predicted octanol–water partition coefficient (Wildman–Crippen LogP) is 6.00. The van der Waals surface area contributed by atoms with Crippen molar-refractivity contribution in [2.75, 3.05) is 0 Å².